The first-order valence-electron chi connectivity index (χ1n) is 8.80. The molecule has 25 heavy (non-hydrogen) atoms. The zero-order valence-electron chi connectivity index (χ0n) is 15.0. The molecule has 0 saturated carbocycles. The van der Waals surface area contributed by atoms with E-state index in [0.717, 1.165) is 32.7 Å². The molecule has 1 aliphatic rings. The summed E-state index contributed by atoms with van der Waals surface area (Å²) in [7, 11) is 0. The van der Waals surface area contributed by atoms with Crippen molar-refractivity contribution in [2.45, 2.75) is 26.3 Å². The fraction of sp³-hybridized carbons (Fsp3) is 0.579. The molecule has 0 spiro atoms. The van der Waals surface area contributed by atoms with E-state index in [2.05, 4.69) is 30.1 Å². The van der Waals surface area contributed by atoms with Crippen LogP contribution >= 0.6 is 0 Å². The highest BCUT2D eigenvalue weighted by molar-refractivity contribution is 5.77. The van der Waals surface area contributed by atoms with Crippen LogP contribution in [0, 0.1) is 17.2 Å². The summed E-state index contributed by atoms with van der Waals surface area (Å²) >= 11 is 0. The number of nitriles is 1. The summed E-state index contributed by atoms with van der Waals surface area (Å²) in [5.41, 5.74) is 0.432. The van der Waals surface area contributed by atoms with Gasteiger partial charge in [0.25, 0.3) is 5.91 Å². The van der Waals surface area contributed by atoms with Crippen molar-refractivity contribution in [2.24, 2.45) is 5.92 Å². The minimum Gasteiger partial charge on any atom is -0.482 e. The molecule has 1 N–H and O–H groups in total. The average molecular weight is 345 g/mol. The minimum atomic E-state index is -0.172. The Morgan fingerprint density at radius 3 is 2.76 bits per heavy atom. The highest BCUT2D eigenvalue weighted by Crippen LogP contribution is 2.16. The van der Waals surface area contributed by atoms with Gasteiger partial charge in [-0.15, -0.1) is 0 Å². The lowest BCUT2D eigenvalue weighted by molar-refractivity contribution is -0.123. The van der Waals surface area contributed by atoms with Crippen LogP contribution in [0.15, 0.2) is 24.3 Å². The average Bonchev–Trinajstić information content (AvgIpc) is 2.64. The summed E-state index contributed by atoms with van der Waals surface area (Å²) in [6.45, 7) is 8.19. The van der Waals surface area contributed by atoms with Gasteiger partial charge in [-0.1, -0.05) is 26.0 Å². The molecule has 1 aromatic carbocycles. The van der Waals surface area contributed by atoms with Crippen LogP contribution in [0.5, 0.6) is 5.75 Å². The van der Waals surface area contributed by atoms with Gasteiger partial charge in [-0.25, -0.2) is 0 Å². The predicted octanol–water partition coefficient (Wildman–Crippen LogP) is 1.80. The first-order valence-corrected chi connectivity index (χ1v) is 8.80. The fourth-order valence-electron chi connectivity index (χ4n) is 2.96. The Kier molecular flexibility index (Phi) is 7.71. The Hall–Kier alpha value is -2.10. The molecule has 1 fully saturated rings. The molecule has 1 aliphatic heterocycles. The topological polar surface area (TPSA) is 74.6 Å². The van der Waals surface area contributed by atoms with E-state index < -0.39 is 0 Å². The molecule has 0 bridgehead atoms. The monoisotopic (exact) mass is 345 g/mol. The molecular formula is C19H27N3O3. The van der Waals surface area contributed by atoms with Crippen molar-refractivity contribution in [2.75, 3.05) is 39.5 Å². The molecule has 0 aliphatic carbocycles. The zero-order valence-corrected chi connectivity index (χ0v) is 15.0. The number of ether oxygens (including phenoxy) is 2. The van der Waals surface area contributed by atoms with Gasteiger partial charge in [-0.2, -0.15) is 5.26 Å². The highest BCUT2D eigenvalue weighted by Gasteiger charge is 2.22. The Balaban J connectivity index is 1.82. The molecule has 136 valence electrons. The Morgan fingerprint density at radius 1 is 1.36 bits per heavy atom. The number of nitrogens with zero attached hydrogens (tertiary/aromatic N) is 2. The summed E-state index contributed by atoms with van der Waals surface area (Å²) in [6.07, 6.45) is 1.03. The van der Waals surface area contributed by atoms with Gasteiger partial charge in [0.1, 0.15) is 11.8 Å². The maximum Gasteiger partial charge on any atom is 0.257 e. The van der Waals surface area contributed by atoms with E-state index in [1.807, 2.05) is 0 Å². The highest BCUT2D eigenvalue weighted by atomic mass is 16.5. The number of benzene rings is 1. The molecule has 1 atom stereocenters. The summed E-state index contributed by atoms with van der Waals surface area (Å²) in [5.74, 6) is 0.824. The first-order chi connectivity index (χ1) is 12.1. The number of nitrogens with one attached hydrogen (secondary N) is 1. The van der Waals surface area contributed by atoms with Gasteiger partial charge in [0.15, 0.2) is 6.61 Å². The second-order valence-electron chi connectivity index (χ2n) is 6.63. The fourth-order valence-corrected chi connectivity index (χ4v) is 2.96. The molecule has 6 nitrogen and oxygen atoms in total. The number of carbonyl (C=O) groups is 1. The van der Waals surface area contributed by atoms with Crippen molar-refractivity contribution in [3.63, 3.8) is 0 Å². The Bertz CT molecular complexity index is 592. The smallest absolute Gasteiger partial charge is 0.257 e. The third-order valence-electron chi connectivity index (χ3n) is 4.21. The predicted molar refractivity (Wildman–Crippen MR) is 95.3 cm³/mol. The molecule has 6 heteroatoms. The molecule has 0 aromatic heterocycles. The van der Waals surface area contributed by atoms with Gasteiger partial charge in [-0.3, -0.25) is 9.69 Å². The lowest BCUT2D eigenvalue weighted by atomic mass is 10.0. The van der Waals surface area contributed by atoms with Gasteiger partial charge in [0.05, 0.1) is 18.8 Å². The van der Waals surface area contributed by atoms with Crippen molar-refractivity contribution >= 4 is 5.91 Å². The van der Waals surface area contributed by atoms with E-state index >= 15 is 0 Å². The first kappa shape index (κ1) is 19.2. The van der Waals surface area contributed by atoms with E-state index in [9.17, 15) is 4.79 Å². The van der Waals surface area contributed by atoms with Crippen LogP contribution in [0.4, 0.5) is 0 Å². The molecule has 1 heterocycles. The number of morpholine rings is 1. The second kappa shape index (κ2) is 10.0. The maximum atomic E-state index is 12.1. The standard InChI is InChI=1S/C19H27N3O3/c1-15(2)11-17(22-7-9-24-10-8-22)13-21-19(23)14-25-18-6-4-3-5-16(18)12-20/h3-6,15,17H,7-11,13-14H2,1-2H3,(H,21,23). The lowest BCUT2D eigenvalue weighted by Gasteiger charge is -2.35. The Labute approximate surface area is 149 Å². The molecule has 2 rings (SSSR count). The number of hydrogen-bond donors (Lipinski definition) is 1. The van der Waals surface area contributed by atoms with Gasteiger partial charge in [-0.05, 0) is 24.5 Å². The van der Waals surface area contributed by atoms with E-state index in [-0.39, 0.29) is 12.5 Å². The van der Waals surface area contributed by atoms with Crippen LogP contribution < -0.4 is 10.1 Å². The van der Waals surface area contributed by atoms with Crippen molar-refractivity contribution in [3.8, 4) is 11.8 Å². The summed E-state index contributed by atoms with van der Waals surface area (Å²) < 4.78 is 10.9. The third kappa shape index (κ3) is 6.37. The van der Waals surface area contributed by atoms with Crippen LogP contribution in [-0.2, 0) is 9.53 Å². The van der Waals surface area contributed by atoms with Gasteiger partial charge in [0.2, 0.25) is 0 Å². The van der Waals surface area contributed by atoms with E-state index in [1.165, 1.54) is 0 Å². The molecule has 1 amide bonds. The van der Waals surface area contributed by atoms with Crippen molar-refractivity contribution in [1.29, 1.82) is 5.26 Å². The normalized spacial score (nSPS) is 16.2. The van der Waals surface area contributed by atoms with Crippen molar-refractivity contribution in [1.82, 2.24) is 10.2 Å². The Morgan fingerprint density at radius 2 is 2.08 bits per heavy atom. The van der Waals surface area contributed by atoms with E-state index in [4.69, 9.17) is 14.7 Å². The number of amides is 1. The van der Waals surface area contributed by atoms with Crippen molar-refractivity contribution in [3.05, 3.63) is 29.8 Å². The lowest BCUT2D eigenvalue weighted by Crippen LogP contribution is -2.49. The SMILES string of the molecule is CC(C)CC(CNC(=O)COc1ccccc1C#N)N1CCOCC1. The number of carbonyl (C=O) groups excluding carboxylic acids is 1. The molecular weight excluding hydrogens is 318 g/mol. The van der Waals surface area contributed by atoms with Gasteiger partial charge in [0, 0.05) is 25.7 Å². The van der Waals surface area contributed by atoms with E-state index in [1.54, 1.807) is 24.3 Å². The minimum absolute atomic E-state index is 0.0871. The number of para-hydroxylation sites is 1. The summed E-state index contributed by atoms with van der Waals surface area (Å²) in [4.78, 5) is 14.5. The van der Waals surface area contributed by atoms with Crippen LogP contribution in [-0.4, -0.2) is 56.3 Å². The maximum absolute atomic E-state index is 12.1. The largest absolute Gasteiger partial charge is 0.482 e. The second-order valence-corrected chi connectivity index (χ2v) is 6.63. The summed E-state index contributed by atoms with van der Waals surface area (Å²) in [5, 5.41) is 12.0. The molecule has 1 aromatic rings. The third-order valence-corrected chi connectivity index (χ3v) is 4.21. The molecule has 0 radical (unpaired) electrons. The van der Waals surface area contributed by atoms with Crippen LogP contribution in [0.2, 0.25) is 0 Å². The van der Waals surface area contributed by atoms with E-state index in [0.29, 0.717) is 29.8 Å². The zero-order chi connectivity index (χ0) is 18.1. The number of hydrogen-bond acceptors (Lipinski definition) is 5. The van der Waals surface area contributed by atoms with Crippen LogP contribution in [0.3, 0.4) is 0 Å². The van der Waals surface area contributed by atoms with Crippen molar-refractivity contribution < 1.29 is 14.3 Å². The van der Waals surface area contributed by atoms with Gasteiger partial charge < -0.3 is 14.8 Å². The number of rotatable bonds is 8. The van der Waals surface area contributed by atoms with Crippen LogP contribution in [0.25, 0.3) is 0 Å². The molecule has 1 saturated heterocycles. The van der Waals surface area contributed by atoms with Crippen LogP contribution in [0.1, 0.15) is 25.8 Å². The molecule has 1 unspecified atom stereocenters. The summed E-state index contributed by atoms with van der Waals surface area (Å²) in [6, 6.07) is 9.28. The van der Waals surface area contributed by atoms with Gasteiger partial charge >= 0.3 is 0 Å². The quantitative estimate of drug-likeness (QED) is 0.778.